The number of carbonyl (C=O) groups is 1. The highest BCUT2D eigenvalue weighted by atomic mass is 16.6. The van der Waals surface area contributed by atoms with Crippen LogP contribution in [0.4, 0.5) is 0 Å². The molecule has 0 aromatic carbocycles. The number of hydrogen-bond donors (Lipinski definition) is 0. The van der Waals surface area contributed by atoms with Gasteiger partial charge in [-0.1, -0.05) is 0 Å². The van der Waals surface area contributed by atoms with Gasteiger partial charge in [0.05, 0.1) is 12.1 Å². The molecule has 0 N–H and O–H groups in total. The zero-order chi connectivity index (χ0) is 14.0. The second-order valence-corrected chi connectivity index (χ2v) is 6.25. The summed E-state index contributed by atoms with van der Waals surface area (Å²) in [6, 6.07) is 0. The van der Waals surface area contributed by atoms with Crippen LogP contribution in [0.5, 0.6) is 0 Å². The van der Waals surface area contributed by atoms with Gasteiger partial charge in [0.1, 0.15) is 11.4 Å². The number of nitrogens with zero attached hydrogens (tertiary/aromatic N) is 2. The lowest BCUT2D eigenvalue weighted by Gasteiger charge is -2.20. The highest BCUT2D eigenvalue weighted by molar-refractivity contribution is 5.69. The molecule has 0 fully saturated rings. The van der Waals surface area contributed by atoms with Crippen LogP contribution in [-0.4, -0.2) is 21.1 Å². The predicted octanol–water partition coefficient (Wildman–Crippen LogP) is 2.80. The van der Waals surface area contributed by atoms with Gasteiger partial charge in [0.25, 0.3) is 0 Å². The van der Waals surface area contributed by atoms with Gasteiger partial charge in [-0.05, 0) is 53.4 Å². The van der Waals surface area contributed by atoms with E-state index in [1.165, 1.54) is 24.2 Å². The van der Waals surface area contributed by atoms with Crippen LogP contribution in [-0.2, 0) is 28.9 Å². The Morgan fingerprint density at radius 1 is 1.32 bits per heavy atom. The maximum absolute atomic E-state index is 11.8. The van der Waals surface area contributed by atoms with Crippen LogP contribution < -0.4 is 0 Å². The Morgan fingerprint density at radius 3 is 2.68 bits per heavy atom. The molecule has 1 aromatic heterocycles. The molecule has 0 unspecified atom stereocenters. The van der Waals surface area contributed by atoms with Gasteiger partial charge in [0, 0.05) is 12.2 Å². The number of aryl methyl sites for hydroxylation is 2. The van der Waals surface area contributed by atoms with Crippen molar-refractivity contribution in [3.05, 3.63) is 17.2 Å². The average Bonchev–Trinajstić information content (AvgIpc) is 2.60. The zero-order valence-corrected chi connectivity index (χ0v) is 12.5. The minimum Gasteiger partial charge on any atom is -0.460 e. The fourth-order valence-corrected chi connectivity index (χ4v) is 2.63. The number of aromatic nitrogens is 2. The quantitative estimate of drug-likeness (QED) is 0.788. The first-order valence-electron chi connectivity index (χ1n) is 7.13. The number of imidazole rings is 1. The van der Waals surface area contributed by atoms with Crippen molar-refractivity contribution in [2.45, 2.75) is 71.9 Å². The van der Waals surface area contributed by atoms with E-state index in [1.807, 2.05) is 27.7 Å². The topological polar surface area (TPSA) is 44.1 Å². The largest absolute Gasteiger partial charge is 0.460 e. The van der Waals surface area contributed by atoms with Crippen molar-refractivity contribution in [1.29, 1.82) is 0 Å². The number of esters is 1. The third kappa shape index (κ3) is 3.58. The Balaban J connectivity index is 2.00. The second-order valence-electron chi connectivity index (χ2n) is 6.25. The maximum atomic E-state index is 11.8. The molecule has 0 bridgehead atoms. The minimum atomic E-state index is -0.402. The van der Waals surface area contributed by atoms with Gasteiger partial charge < -0.3 is 9.30 Å². The summed E-state index contributed by atoms with van der Waals surface area (Å²) in [6.07, 6.45) is 5.04. The van der Waals surface area contributed by atoms with Gasteiger partial charge in [-0.3, -0.25) is 4.79 Å². The monoisotopic (exact) mass is 264 g/mol. The lowest BCUT2D eigenvalue weighted by atomic mass is 10.0. The normalized spacial score (nSPS) is 15.2. The van der Waals surface area contributed by atoms with E-state index >= 15 is 0 Å². The Labute approximate surface area is 115 Å². The molecule has 1 aromatic rings. The molecule has 1 aliphatic carbocycles. The van der Waals surface area contributed by atoms with E-state index < -0.39 is 5.60 Å². The van der Waals surface area contributed by atoms with E-state index in [1.54, 1.807) is 0 Å². The predicted molar refractivity (Wildman–Crippen MR) is 74.1 cm³/mol. The summed E-state index contributed by atoms with van der Waals surface area (Å²) in [4.78, 5) is 16.4. The molecule has 4 heteroatoms. The molecule has 1 heterocycles. The molecule has 2 rings (SSSR count). The lowest BCUT2D eigenvalue weighted by Crippen LogP contribution is -2.24. The Kier molecular flexibility index (Phi) is 3.97. The van der Waals surface area contributed by atoms with Gasteiger partial charge in [0.15, 0.2) is 0 Å². The molecule has 0 atom stereocenters. The fraction of sp³-hybridized carbons (Fsp3) is 0.733. The maximum Gasteiger partial charge on any atom is 0.308 e. The number of ether oxygens (including phenoxy) is 1. The van der Waals surface area contributed by atoms with Crippen molar-refractivity contribution in [2.75, 3.05) is 0 Å². The highest BCUT2D eigenvalue weighted by Gasteiger charge is 2.20. The van der Waals surface area contributed by atoms with Crippen molar-refractivity contribution >= 4 is 5.97 Å². The van der Waals surface area contributed by atoms with Gasteiger partial charge in [0.2, 0.25) is 0 Å². The van der Waals surface area contributed by atoms with Crippen LogP contribution >= 0.6 is 0 Å². The van der Waals surface area contributed by atoms with Crippen LogP contribution in [0, 0.1) is 6.92 Å². The van der Waals surface area contributed by atoms with Crippen LogP contribution in [0.15, 0.2) is 0 Å². The molecular formula is C15H24N2O2. The van der Waals surface area contributed by atoms with Crippen molar-refractivity contribution in [3.8, 4) is 0 Å². The average molecular weight is 264 g/mol. The standard InChI is InChI=1S/C15H24N2O2/c1-11-16-12-7-5-6-8-13(12)17(11)10-9-14(18)19-15(2,3)4/h5-10H2,1-4H3. The third-order valence-corrected chi connectivity index (χ3v) is 3.38. The van der Waals surface area contributed by atoms with Crippen molar-refractivity contribution < 1.29 is 9.53 Å². The molecular weight excluding hydrogens is 240 g/mol. The van der Waals surface area contributed by atoms with Gasteiger partial charge in [-0.25, -0.2) is 4.98 Å². The molecule has 1 aliphatic rings. The minimum absolute atomic E-state index is 0.134. The summed E-state index contributed by atoms with van der Waals surface area (Å²) in [7, 11) is 0. The van der Waals surface area contributed by atoms with Crippen LogP contribution in [0.1, 0.15) is 57.2 Å². The van der Waals surface area contributed by atoms with Gasteiger partial charge in [-0.2, -0.15) is 0 Å². The Hall–Kier alpha value is -1.32. The Morgan fingerprint density at radius 2 is 2.00 bits per heavy atom. The van der Waals surface area contributed by atoms with E-state index in [2.05, 4.69) is 9.55 Å². The van der Waals surface area contributed by atoms with Crippen LogP contribution in [0.3, 0.4) is 0 Å². The number of carbonyl (C=O) groups excluding carboxylic acids is 1. The van der Waals surface area contributed by atoms with Crippen LogP contribution in [0.2, 0.25) is 0 Å². The molecule has 0 amide bonds. The van der Waals surface area contributed by atoms with E-state index in [-0.39, 0.29) is 5.97 Å². The summed E-state index contributed by atoms with van der Waals surface area (Å²) in [5.41, 5.74) is 2.15. The molecule has 0 saturated heterocycles. The van der Waals surface area contributed by atoms with Gasteiger partial charge >= 0.3 is 5.97 Å². The molecule has 106 valence electrons. The Bertz CT molecular complexity index is 469. The molecule has 19 heavy (non-hydrogen) atoms. The summed E-state index contributed by atoms with van der Waals surface area (Å²) in [6.45, 7) is 8.40. The first kappa shape index (κ1) is 14.1. The molecule has 0 aliphatic heterocycles. The summed E-state index contributed by atoms with van der Waals surface area (Å²) in [5, 5.41) is 0. The number of rotatable bonds is 3. The van der Waals surface area contributed by atoms with Gasteiger partial charge in [-0.15, -0.1) is 0 Å². The van der Waals surface area contributed by atoms with E-state index in [4.69, 9.17) is 4.74 Å². The third-order valence-electron chi connectivity index (χ3n) is 3.38. The van der Waals surface area contributed by atoms with Crippen molar-refractivity contribution in [3.63, 3.8) is 0 Å². The van der Waals surface area contributed by atoms with Crippen molar-refractivity contribution in [1.82, 2.24) is 9.55 Å². The highest BCUT2D eigenvalue weighted by Crippen LogP contribution is 2.22. The number of hydrogen-bond acceptors (Lipinski definition) is 3. The molecule has 4 nitrogen and oxygen atoms in total. The lowest BCUT2D eigenvalue weighted by molar-refractivity contribution is -0.155. The first-order chi connectivity index (χ1) is 8.87. The summed E-state index contributed by atoms with van der Waals surface area (Å²) >= 11 is 0. The summed E-state index contributed by atoms with van der Waals surface area (Å²) < 4.78 is 7.54. The molecule has 0 saturated carbocycles. The fourth-order valence-electron chi connectivity index (χ4n) is 2.63. The smallest absolute Gasteiger partial charge is 0.308 e. The van der Waals surface area contributed by atoms with Crippen molar-refractivity contribution in [2.24, 2.45) is 0 Å². The SMILES string of the molecule is Cc1nc2c(n1CCC(=O)OC(C)(C)C)CCCC2. The molecule has 0 radical (unpaired) electrons. The number of fused-ring (bicyclic) bond motifs is 1. The summed E-state index contributed by atoms with van der Waals surface area (Å²) in [5.74, 6) is 0.889. The first-order valence-corrected chi connectivity index (χ1v) is 7.13. The second kappa shape index (κ2) is 5.35. The van der Waals surface area contributed by atoms with E-state index in [0.29, 0.717) is 13.0 Å². The van der Waals surface area contributed by atoms with Crippen LogP contribution in [0.25, 0.3) is 0 Å². The van der Waals surface area contributed by atoms with E-state index in [0.717, 1.165) is 18.7 Å². The molecule has 0 spiro atoms. The van der Waals surface area contributed by atoms with E-state index in [9.17, 15) is 4.79 Å². The zero-order valence-electron chi connectivity index (χ0n) is 12.5.